The molecule has 26 heavy (non-hydrogen) atoms. The molecule has 0 unspecified atom stereocenters. The van der Waals surface area contributed by atoms with Crippen LogP contribution in [0.3, 0.4) is 0 Å². The molecular formula is C19H20Cl2FN3O. The average molecular weight is 396 g/mol. The van der Waals surface area contributed by atoms with E-state index in [2.05, 4.69) is 10.4 Å². The predicted octanol–water partition coefficient (Wildman–Crippen LogP) is 5.98. The fourth-order valence-electron chi connectivity index (χ4n) is 3.39. The van der Waals surface area contributed by atoms with Crippen molar-refractivity contribution in [3.63, 3.8) is 0 Å². The topological polar surface area (TPSA) is 42.5 Å². The Labute approximate surface area is 161 Å². The van der Waals surface area contributed by atoms with Crippen LogP contribution in [0, 0.1) is 6.92 Å². The Kier molecular flexibility index (Phi) is 4.61. The molecule has 1 aliphatic carbocycles. The van der Waals surface area contributed by atoms with Crippen LogP contribution in [0.25, 0.3) is 5.52 Å². The van der Waals surface area contributed by atoms with Gasteiger partial charge in [0, 0.05) is 6.07 Å². The van der Waals surface area contributed by atoms with E-state index >= 15 is 0 Å². The molecule has 0 spiro atoms. The number of aryl methyl sites for hydroxylation is 1. The molecule has 0 radical (unpaired) electrons. The van der Waals surface area contributed by atoms with Crippen LogP contribution >= 0.6 is 23.2 Å². The zero-order valence-electron chi connectivity index (χ0n) is 14.5. The van der Waals surface area contributed by atoms with Crippen LogP contribution in [0.5, 0.6) is 0 Å². The molecule has 0 saturated heterocycles. The number of hydrogen-bond donors (Lipinski definition) is 1. The van der Waals surface area contributed by atoms with E-state index in [1.54, 1.807) is 16.8 Å². The number of nitrogens with zero attached hydrogens (tertiary/aromatic N) is 2. The minimum absolute atomic E-state index is 0.351. The second-order valence-electron chi connectivity index (χ2n) is 6.97. The normalized spacial score (nSPS) is 15.5. The molecule has 1 fully saturated rings. The zero-order chi connectivity index (χ0) is 18.3. The molecule has 0 bridgehead atoms. The molecule has 7 heteroatoms. The van der Waals surface area contributed by atoms with Crippen LogP contribution < -0.4 is 5.32 Å². The Hall–Kier alpha value is -1.72. The number of anilines is 1. The number of furan rings is 1. The summed E-state index contributed by atoms with van der Waals surface area (Å²) in [7, 11) is 0. The molecule has 3 aromatic heterocycles. The Bertz CT molecular complexity index is 932. The first-order valence-corrected chi connectivity index (χ1v) is 9.54. The van der Waals surface area contributed by atoms with Crippen LogP contribution in [-0.2, 0) is 13.0 Å². The minimum Gasteiger partial charge on any atom is -0.467 e. The number of halogens is 3. The third-order valence-electron chi connectivity index (χ3n) is 5.05. The smallest absolute Gasteiger partial charge is 0.152 e. The zero-order valence-corrected chi connectivity index (χ0v) is 16.0. The highest BCUT2D eigenvalue weighted by atomic mass is 35.5. The maximum atomic E-state index is 13.9. The molecule has 1 saturated carbocycles. The third kappa shape index (κ3) is 3.42. The Balaban J connectivity index is 1.62. The molecule has 1 aliphatic rings. The van der Waals surface area contributed by atoms with E-state index in [4.69, 9.17) is 27.6 Å². The second kappa shape index (κ2) is 6.78. The van der Waals surface area contributed by atoms with E-state index in [-0.39, 0.29) is 0 Å². The molecule has 0 aromatic carbocycles. The first kappa shape index (κ1) is 17.7. The molecule has 4 nitrogen and oxygen atoms in total. The van der Waals surface area contributed by atoms with Gasteiger partial charge in [0.05, 0.1) is 24.0 Å². The average Bonchev–Trinajstić information content (AvgIpc) is 3.04. The van der Waals surface area contributed by atoms with Gasteiger partial charge in [-0.05, 0) is 62.3 Å². The molecule has 0 amide bonds. The van der Waals surface area contributed by atoms with Gasteiger partial charge in [0.15, 0.2) is 5.15 Å². The Morgan fingerprint density at radius 1 is 1.38 bits per heavy atom. The number of hydrogen-bond acceptors (Lipinski definition) is 3. The first-order valence-electron chi connectivity index (χ1n) is 8.78. The highest BCUT2D eigenvalue weighted by Gasteiger charge is 2.42. The molecule has 4 rings (SSSR count). The second-order valence-corrected chi connectivity index (χ2v) is 7.72. The van der Waals surface area contributed by atoms with E-state index in [0.717, 1.165) is 40.9 Å². The van der Waals surface area contributed by atoms with Gasteiger partial charge in [0.25, 0.3) is 0 Å². The molecule has 138 valence electrons. The van der Waals surface area contributed by atoms with E-state index < -0.39 is 5.67 Å². The van der Waals surface area contributed by atoms with E-state index in [0.29, 0.717) is 36.1 Å². The van der Waals surface area contributed by atoms with E-state index in [9.17, 15) is 4.39 Å². The van der Waals surface area contributed by atoms with Crippen molar-refractivity contribution < 1.29 is 8.81 Å². The van der Waals surface area contributed by atoms with Crippen LogP contribution in [-0.4, -0.2) is 15.3 Å². The minimum atomic E-state index is -0.934. The molecule has 1 N–H and O–H groups in total. The maximum absolute atomic E-state index is 13.9. The van der Waals surface area contributed by atoms with Gasteiger partial charge < -0.3 is 9.73 Å². The Morgan fingerprint density at radius 2 is 2.19 bits per heavy atom. The molecular weight excluding hydrogens is 376 g/mol. The fourth-order valence-corrected chi connectivity index (χ4v) is 3.94. The third-order valence-corrected chi connectivity index (χ3v) is 5.62. The summed E-state index contributed by atoms with van der Waals surface area (Å²) in [4.78, 5) is 0. The van der Waals surface area contributed by atoms with Crippen molar-refractivity contribution in [2.24, 2.45) is 0 Å². The number of alkyl halides is 1. The first-order chi connectivity index (χ1) is 12.5. The van der Waals surface area contributed by atoms with Crippen LogP contribution in [0.4, 0.5) is 10.1 Å². The standard InChI is InChI=1S/C19H20Cl2FN3O/c1-12-14(5-2-6-19(22)7-8-19)18(21)25-17(12)15(10-16(20)24-25)23-11-13-4-3-9-26-13/h3-4,9-10,23H,2,5-8,11H2,1H3. The van der Waals surface area contributed by atoms with Gasteiger partial charge in [0.1, 0.15) is 16.6 Å². The summed E-state index contributed by atoms with van der Waals surface area (Å²) in [6.07, 6.45) is 5.12. The summed E-state index contributed by atoms with van der Waals surface area (Å²) < 4.78 is 20.9. The van der Waals surface area contributed by atoms with E-state index in [1.807, 2.05) is 19.1 Å². The van der Waals surface area contributed by atoms with E-state index in [1.165, 1.54) is 0 Å². The Morgan fingerprint density at radius 3 is 2.88 bits per heavy atom. The predicted molar refractivity (Wildman–Crippen MR) is 102 cm³/mol. The van der Waals surface area contributed by atoms with Gasteiger partial charge in [-0.2, -0.15) is 5.10 Å². The number of nitrogens with one attached hydrogen (secondary N) is 1. The largest absolute Gasteiger partial charge is 0.467 e. The van der Waals surface area contributed by atoms with Crippen LogP contribution in [0.1, 0.15) is 42.6 Å². The van der Waals surface area contributed by atoms with Crippen LogP contribution in [0.2, 0.25) is 10.3 Å². The van der Waals surface area contributed by atoms with Crippen molar-refractivity contribution in [2.75, 3.05) is 5.32 Å². The van der Waals surface area contributed by atoms with Crippen LogP contribution in [0.15, 0.2) is 28.9 Å². The summed E-state index contributed by atoms with van der Waals surface area (Å²) in [5.74, 6) is 0.823. The summed E-state index contributed by atoms with van der Waals surface area (Å²) >= 11 is 12.8. The summed E-state index contributed by atoms with van der Waals surface area (Å²) in [5, 5.41) is 8.59. The van der Waals surface area contributed by atoms with Gasteiger partial charge >= 0.3 is 0 Å². The number of aromatic nitrogens is 2. The number of fused-ring (bicyclic) bond motifs is 1. The lowest BCUT2D eigenvalue weighted by molar-refractivity contribution is 0.284. The van der Waals surface area contributed by atoms with Crippen molar-refractivity contribution in [3.05, 3.63) is 51.7 Å². The SMILES string of the molecule is Cc1c(CCCC2(F)CC2)c(Cl)n2nc(Cl)cc(NCc3ccco3)c12. The van der Waals surface area contributed by atoms with Gasteiger partial charge in [-0.25, -0.2) is 8.91 Å². The lowest BCUT2D eigenvalue weighted by atomic mass is 10.0. The summed E-state index contributed by atoms with van der Waals surface area (Å²) in [6.45, 7) is 2.55. The van der Waals surface area contributed by atoms with Crippen molar-refractivity contribution in [3.8, 4) is 0 Å². The monoisotopic (exact) mass is 395 g/mol. The van der Waals surface area contributed by atoms with Crippen molar-refractivity contribution >= 4 is 34.4 Å². The quantitative estimate of drug-likeness (QED) is 0.534. The molecule has 3 aromatic rings. The maximum Gasteiger partial charge on any atom is 0.152 e. The molecule has 3 heterocycles. The van der Waals surface area contributed by atoms with Gasteiger partial charge in [-0.3, -0.25) is 0 Å². The molecule has 0 aliphatic heterocycles. The van der Waals surface area contributed by atoms with Crippen molar-refractivity contribution in [1.29, 1.82) is 0 Å². The van der Waals surface area contributed by atoms with Crippen molar-refractivity contribution in [1.82, 2.24) is 9.61 Å². The fraction of sp³-hybridized carbons (Fsp3) is 0.421. The van der Waals surface area contributed by atoms with Crippen molar-refractivity contribution in [2.45, 2.75) is 51.2 Å². The summed E-state index contributed by atoms with van der Waals surface area (Å²) in [6, 6.07) is 5.54. The summed E-state index contributed by atoms with van der Waals surface area (Å²) in [5.41, 5.74) is 2.85. The molecule has 0 atom stereocenters. The lowest BCUT2D eigenvalue weighted by Crippen LogP contribution is -2.03. The lowest BCUT2D eigenvalue weighted by Gasteiger charge is -2.09. The highest BCUT2D eigenvalue weighted by Crippen LogP contribution is 2.44. The number of rotatable bonds is 7. The van der Waals surface area contributed by atoms with Gasteiger partial charge in [0.2, 0.25) is 0 Å². The van der Waals surface area contributed by atoms with Gasteiger partial charge in [-0.1, -0.05) is 23.2 Å². The van der Waals surface area contributed by atoms with Gasteiger partial charge in [-0.15, -0.1) is 0 Å². The highest BCUT2D eigenvalue weighted by molar-refractivity contribution is 6.32.